The van der Waals surface area contributed by atoms with Crippen molar-refractivity contribution in [2.45, 2.75) is 103 Å². The van der Waals surface area contributed by atoms with E-state index >= 15 is 0 Å². The first-order valence-electron chi connectivity index (χ1n) is 19.5. The third-order valence-electron chi connectivity index (χ3n) is 10.0. The number of hydrogen-bond donors (Lipinski definition) is 2. The second-order valence-corrected chi connectivity index (χ2v) is 15.3. The van der Waals surface area contributed by atoms with Crippen LogP contribution in [0.25, 0.3) is 0 Å². The summed E-state index contributed by atoms with van der Waals surface area (Å²) in [4.78, 5) is 55.5. The minimum atomic E-state index is -1.30. The van der Waals surface area contributed by atoms with Crippen molar-refractivity contribution < 1.29 is 57.4 Å². The smallest absolute Gasteiger partial charge is 0.303 e. The van der Waals surface area contributed by atoms with Crippen LogP contribution in [-0.2, 0) is 65.4 Å². The van der Waals surface area contributed by atoms with Gasteiger partial charge < -0.3 is 48.5 Å². The predicted molar refractivity (Wildman–Crippen MR) is 218 cm³/mol. The van der Waals surface area contributed by atoms with E-state index in [1.807, 2.05) is 66.7 Å². The van der Waals surface area contributed by atoms with Crippen molar-refractivity contribution in [2.75, 3.05) is 32.1 Å². The molecule has 2 saturated heterocycles. The molecule has 2 aromatic carbocycles. The van der Waals surface area contributed by atoms with Crippen LogP contribution in [0.4, 0.5) is 5.69 Å². The van der Waals surface area contributed by atoms with Gasteiger partial charge in [0, 0.05) is 82.7 Å². The molecule has 318 valence electrons. The molecule has 2 aliphatic rings. The van der Waals surface area contributed by atoms with E-state index in [1.165, 1.54) is 20.8 Å². The highest BCUT2D eigenvalue weighted by atomic mass is 32.1. The Hall–Kier alpha value is -4.84. The highest BCUT2D eigenvalue weighted by molar-refractivity contribution is 7.80. The molecule has 15 nitrogen and oxygen atoms in total. The summed E-state index contributed by atoms with van der Waals surface area (Å²) in [6.45, 7) is 7.85. The van der Waals surface area contributed by atoms with Crippen LogP contribution in [0.3, 0.4) is 0 Å². The zero-order chi connectivity index (χ0) is 42.6. The lowest BCUT2D eigenvalue weighted by molar-refractivity contribution is -0.275. The number of nitrogens with one attached hydrogen (secondary N) is 1. The van der Waals surface area contributed by atoms with E-state index in [9.17, 15) is 24.3 Å². The Bertz CT molecular complexity index is 1900. The van der Waals surface area contributed by atoms with Crippen LogP contribution in [0.15, 0.2) is 72.9 Å². The molecule has 1 aromatic heterocycles. The molecule has 2 aliphatic heterocycles. The van der Waals surface area contributed by atoms with E-state index < -0.39 is 60.7 Å². The second kappa shape index (κ2) is 21.4. The third-order valence-corrected chi connectivity index (χ3v) is 10.3. The fourth-order valence-corrected chi connectivity index (χ4v) is 7.50. The number of carbonyl (C=O) groups excluding carboxylic acids is 4. The van der Waals surface area contributed by atoms with Gasteiger partial charge in [-0.05, 0) is 42.4 Å². The lowest BCUT2D eigenvalue weighted by Crippen LogP contribution is -2.62. The number of aromatic nitrogens is 1. The monoisotopic (exact) mass is 835 g/mol. The number of likely N-dealkylation sites (N-methyl/N-ethyl adjacent to an activating group) is 1. The van der Waals surface area contributed by atoms with Crippen LogP contribution >= 0.6 is 12.2 Å². The number of ether oxygens (including phenoxy) is 7. The van der Waals surface area contributed by atoms with E-state index in [1.54, 1.807) is 6.20 Å². The number of anilines is 1. The number of nitrogens with zero attached hydrogens (tertiary/aromatic N) is 2. The number of esters is 4. The molecule has 0 amide bonds. The number of rotatable bonds is 16. The molecule has 2 fully saturated rings. The predicted octanol–water partition coefficient (Wildman–Crippen LogP) is 4.79. The van der Waals surface area contributed by atoms with Crippen LogP contribution in [0.1, 0.15) is 75.8 Å². The topological polar surface area (TPSA) is 181 Å². The Kier molecular flexibility index (Phi) is 16.4. The van der Waals surface area contributed by atoms with Gasteiger partial charge in [-0.2, -0.15) is 0 Å². The summed E-state index contributed by atoms with van der Waals surface area (Å²) in [6.07, 6.45) is -4.67. The molecule has 59 heavy (non-hydrogen) atoms. The lowest BCUT2D eigenvalue weighted by Gasteiger charge is -2.44. The van der Waals surface area contributed by atoms with Crippen molar-refractivity contribution in [1.82, 2.24) is 9.88 Å². The molecule has 0 saturated carbocycles. The normalized spacial score (nSPS) is 25.4. The molecule has 5 rings (SSSR count). The molecule has 0 radical (unpaired) electrons. The van der Waals surface area contributed by atoms with Gasteiger partial charge in [-0.15, -0.1) is 0 Å². The Labute approximate surface area is 349 Å². The highest BCUT2D eigenvalue weighted by Crippen LogP contribution is 2.42. The number of thiocarbonyl (C=S) groups is 1. The van der Waals surface area contributed by atoms with Crippen LogP contribution in [-0.4, -0.2) is 107 Å². The molecule has 1 unspecified atom stereocenters. The number of aliphatic hydroxyl groups is 1. The van der Waals surface area contributed by atoms with Crippen LogP contribution < -0.4 is 5.32 Å². The molecular formula is C43H53N3O12S. The van der Waals surface area contributed by atoms with Crippen LogP contribution in [0.2, 0.25) is 0 Å². The first-order chi connectivity index (χ1) is 28.2. The van der Waals surface area contributed by atoms with Gasteiger partial charge in [0.15, 0.2) is 24.6 Å². The SMILES string of the molecule is CC(=O)OC[C@H]1O[C@@H](CC(=S)Nc2cccc(C3O[C@H](CN(C)CCc4ccccn4)[C@H](C)[C@H](c4ccc(CO)cc4)O3)c2)[C@H](OC(C)=O)[C@@H](OC(C)=O)[C@@H]1OC(C)=O. The Morgan fingerprint density at radius 3 is 2.10 bits per heavy atom. The number of carbonyl (C=O) groups is 4. The molecule has 0 spiro atoms. The molecule has 0 aliphatic carbocycles. The fraction of sp³-hybridized carbons (Fsp3) is 0.488. The zero-order valence-electron chi connectivity index (χ0n) is 34.1. The molecule has 0 bridgehead atoms. The number of benzene rings is 2. The largest absolute Gasteiger partial charge is 0.463 e. The van der Waals surface area contributed by atoms with Gasteiger partial charge in [-0.1, -0.05) is 61.6 Å². The summed E-state index contributed by atoms with van der Waals surface area (Å²) in [5, 5.41) is 12.9. The van der Waals surface area contributed by atoms with Crippen molar-refractivity contribution in [3.05, 3.63) is 95.3 Å². The summed E-state index contributed by atoms with van der Waals surface area (Å²) >= 11 is 5.80. The Morgan fingerprint density at radius 2 is 1.47 bits per heavy atom. The molecule has 3 heterocycles. The summed E-state index contributed by atoms with van der Waals surface area (Å²) < 4.78 is 41.5. The average Bonchev–Trinajstić information content (AvgIpc) is 3.19. The maximum atomic E-state index is 12.3. The van der Waals surface area contributed by atoms with E-state index in [4.69, 9.17) is 45.4 Å². The van der Waals surface area contributed by atoms with Crippen molar-refractivity contribution >= 4 is 46.8 Å². The minimum Gasteiger partial charge on any atom is -0.463 e. The van der Waals surface area contributed by atoms with Gasteiger partial charge in [0.05, 0.1) is 23.8 Å². The summed E-state index contributed by atoms with van der Waals surface area (Å²) in [5.74, 6) is -2.78. The van der Waals surface area contributed by atoms with E-state index in [2.05, 4.69) is 29.2 Å². The Balaban J connectivity index is 1.35. The minimum absolute atomic E-state index is 0.0287. The van der Waals surface area contributed by atoms with Gasteiger partial charge in [-0.25, -0.2) is 0 Å². The summed E-state index contributed by atoms with van der Waals surface area (Å²) in [7, 11) is 2.06. The van der Waals surface area contributed by atoms with Gasteiger partial charge >= 0.3 is 23.9 Å². The third kappa shape index (κ3) is 13.1. The number of hydrogen-bond acceptors (Lipinski definition) is 15. The number of pyridine rings is 1. The first kappa shape index (κ1) is 45.2. The fourth-order valence-electron chi connectivity index (χ4n) is 7.22. The number of aliphatic hydroxyl groups excluding tert-OH is 1. The first-order valence-corrected chi connectivity index (χ1v) is 19.9. The molecule has 2 N–H and O–H groups in total. The summed E-state index contributed by atoms with van der Waals surface area (Å²) in [6, 6.07) is 21.1. The van der Waals surface area contributed by atoms with E-state index in [-0.39, 0.29) is 42.7 Å². The van der Waals surface area contributed by atoms with Gasteiger partial charge in [0.1, 0.15) is 18.8 Å². The van der Waals surface area contributed by atoms with Crippen LogP contribution in [0, 0.1) is 5.92 Å². The van der Waals surface area contributed by atoms with Crippen molar-refractivity contribution in [3.63, 3.8) is 0 Å². The van der Waals surface area contributed by atoms with Gasteiger partial charge in [0.2, 0.25) is 0 Å². The Morgan fingerprint density at radius 1 is 0.797 bits per heavy atom. The standard InChI is InChI=1S/C43H53N3O12S/c1-25-36(22-46(6)19-17-33-11-7-8-18-44-33)57-43(58-39(25)31-15-13-30(23-47)14-16-31)32-10-9-12-34(20-32)45-38(59)21-35-40(53-27(3)49)42(55-29(5)51)41(54-28(4)50)37(56-35)24-52-26(2)48/h7-16,18,20,25,35-37,39-43,47H,17,19,21-24H2,1-6H3,(H,45,59)/t25-,35-,36+,37+,39+,40-,41+,42+,43?/m0/s1. The maximum Gasteiger partial charge on any atom is 0.303 e. The van der Waals surface area contributed by atoms with E-state index in [0.29, 0.717) is 12.2 Å². The maximum absolute atomic E-state index is 12.3. The van der Waals surface area contributed by atoms with Crippen LogP contribution in [0.5, 0.6) is 0 Å². The zero-order valence-corrected chi connectivity index (χ0v) is 34.9. The van der Waals surface area contributed by atoms with E-state index in [0.717, 1.165) is 42.3 Å². The van der Waals surface area contributed by atoms with Gasteiger partial charge in [0.25, 0.3) is 0 Å². The summed E-state index contributed by atoms with van der Waals surface area (Å²) in [5.41, 5.74) is 4.11. The lowest BCUT2D eigenvalue weighted by atomic mass is 9.90. The average molecular weight is 836 g/mol. The van der Waals surface area contributed by atoms with Crippen molar-refractivity contribution in [3.8, 4) is 0 Å². The molecule has 9 atom stereocenters. The van der Waals surface area contributed by atoms with Crippen molar-refractivity contribution in [1.29, 1.82) is 0 Å². The highest BCUT2D eigenvalue weighted by Gasteiger charge is 2.52. The molecule has 16 heteroatoms. The van der Waals surface area contributed by atoms with Crippen molar-refractivity contribution in [2.24, 2.45) is 5.92 Å². The van der Waals surface area contributed by atoms with Gasteiger partial charge in [-0.3, -0.25) is 24.2 Å². The quantitative estimate of drug-likeness (QED) is 0.114. The molecular weight excluding hydrogens is 783 g/mol. The second-order valence-electron chi connectivity index (χ2n) is 14.8. The molecule has 3 aromatic rings.